The van der Waals surface area contributed by atoms with Crippen LogP contribution in [0, 0.1) is 28.6 Å². The van der Waals surface area contributed by atoms with E-state index < -0.39 is 11.7 Å². The number of allylic oxidation sites excluding steroid dienone is 4. The van der Waals surface area contributed by atoms with Gasteiger partial charge in [0.05, 0.1) is 11.7 Å². The number of carbonyl (C=O) groups is 1. The highest BCUT2D eigenvalue weighted by Gasteiger charge is 2.65. The maximum atomic E-state index is 11.8. The number of carbonyl (C=O) groups excluding carboxylic acids is 1. The maximum absolute atomic E-state index is 11.8. The third kappa shape index (κ3) is 1.87. The second kappa shape index (κ2) is 4.58. The predicted molar refractivity (Wildman–Crippen MR) is 88.6 cm³/mol. The van der Waals surface area contributed by atoms with Gasteiger partial charge < -0.3 is 10.2 Å². The fourth-order valence-electron chi connectivity index (χ4n) is 6.55. The molecule has 3 saturated carbocycles. The van der Waals surface area contributed by atoms with Crippen molar-refractivity contribution in [3.63, 3.8) is 0 Å². The molecule has 0 unspecified atom stereocenters. The molecule has 4 aliphatic rings. The molecule has 0 radical (unpaired) electrons. The highest BCUT2D eigenvalue weighted by Crippen LogP contribution is 2.66. The van der Waals surface area contributed by atoms with Crippen molar-refractivity contribution in [3.8, 4) is 0 Å². The lowest BCUT2D eigenvalue weighted by molar-refractivity contribution is -0.120. The van der Waals surface area contributed by atoms with Gasteiger partial charge in [-0.25, -0.2) is 0 Å². The molecule has 0 aliphatic heterocycles. The maximum Gasteiger partial charge on any atom is 0.178 e. The smallest absolute Gasteiger partial charge is 0.178 e. The van der Waals surface area contributed by atoms with Crippen LogP contribution in [-0.4, -0.2) is 27.7 Å². The van der Waals surface area contributed by atoms with Crippen molar-refractivity contribution >= 4 is 5.78 Å². The van der Waals surface area contributed by atoms with E-state index in [1.807, 2.05) is 13.0 Å². The summed E-state index contributed by atoms with van der Waals surface area (Å²) in [5.41, 5.74) is 0.248. The Morgan fingerprint density at radius 3 is 2.70 bits per heavy atom. The monoisotopic (exact) mass is 316 g/mol. The first-order valence-corrected chi connectivity index (χ1v) is 9.04. The van der Waals surface area contributed by atoms with Crippen LogP contribution in [0.3, 0.4) is 0 Å². The minimum atomic E-state index is -0.780. The van der Waals surface area contributed by atoms with Crippen LogP contribution < -0.4 is 0 Å². The molecule has 0 heterocycles. The lowest BCUT2D eigenvalue weighted by Crippen LogP contribution is -2.54. The molecule has 126 valence electrons. The third-order valence-corrected chi connectivity index (χ3v) is 8.06. The topological polar surface area (TPSA) is 57.5 Å². The van der Waals surface area contributed by atoms with Crippen LogP contribution in [0.1, 0.15) is 52.9 Å². The van der Waals surface area contributed by atoms with Crippen molar-refractivity contribution in [2.24, 2.45) is 28.6 Å². The zero-order valence-electron chi connectivity index (χ0n) is 14.4. The van der Waals surface area contributed by atoms with Crippen LogP contribution in [-0.2, 0) is 4.79 Å². The molecule has 0 bridgehead atoms. The van der Waals surface area contributed by atoms with E-state index in [0.717, 1.165) is 25.7 Å². The molecule has 0 saturated heterocycles. The van der Waals surface area contributed by atoms with Crippen molar-refractivity contribution in [2.75, 3.05) is 0 Å². The van der Waals surface area contributed by atoms with E-state index in [-0.39, 0.29) is 22.5 Å². The van der Waals surface area contributed by atoms with Crippen molar-refractivity contribution in [1.82, 2.24) is 0 Å². The molecule has 3 nitrogen and oxygen atoms in total. The predicted octanol–water partition coefficient (Wildman–Crippen LogP) is 3.02. The first-order valence-electron chi connectivity index (χ1n) is 9.04. The number of ketones is 1. The number of rotatable bonds is 0. The van der Waals surface area contributed by atoms with E-state index >= 15 is 0 Å². The Morgan fingerprint density at radius 1 is 1.22 bits per heavy atom. The Bertz CT molecular complexity index is 616. The summed E-state index contributed by atoms with van der Waals surface area (Å²) in [5, 5.41) is 21.7. The SMILES string of the molecule is C[C@]12C=CC(=O)C=C1CC[C@H]1[C@@H]3[C@H](O)C[C@](C)(O)[C@@]3(C)CC[C@@H]12. The average molecular weight is 316 g/mol. The van der Waals surface area contributed by atoms with Crippen molar-refractivity contribution in [3.05, 3.63) is 23.8 Å². The summed E-state index contributed by atoms with van der Waals surface area (Å²) in [6.07, 6.45) is 9.74. The Kier molecular flexibility index (Phi) is 3.10. The second-order valence-electron chi connectivity index (χ2n) is 9.02. The number of fused-ring (bicyclic) bond motifs is 5. The van der Waals surface area contributed by atoms with Crippen molar-refractivity contribution in [2.45, 2.75) is 64.6 Å². The minimum absolute atomic E-state index is 0.0493. The summed E-state index contributed by atoms with van der Waals surface area (Å²) in [7, 11) is 0. The first-order chi connectivity index (χ1) is 10.7. The molecule has 4 rings (SSSR count). The van der Waals surface area contributed by atoms with Gasteiger partial charge in [0.1, 0.15) is 0 Å². The summed E-state index contributed by atoms with van der Waals surface area (Å²) < 4.78 is 0. The van der Waals surface area contributed by atoms with Gasteiger partial charge in [0, 0.05) is 17.3 Å². The highest BCUT2D eigenvalue weighted by atomic mass is 16.3. The van der Waals surface area contributed by atoms with Gasteiger partial charge in [-0.15, -0.1) is 0 Å². The van der Waals surface area contributed by atoms with E-state index in [2.05, 4.69) is 19.9 Å². The molecule has 3 fully saturated rings. The van der Waals surface area contributed by atoms with Crippen LogP contribution in [0.15, 0.2) is 23.8 Å². The molecular weight excluding hydrogens is 288 g/mol. The quantitative estimate of drug-likeness (QED) is 0.722. The van der Waals surface area contributed by atoms with E-state index in [4.69, 9.17) is 0 Å². The lowest BCUT2D eigenvalue weighted by atomic mass is 9.47. The van der Waals surface area contributed by atoms with Gasteiger partial charge in [0.2, 0.25) is 0 Å². The first kappa shape index (κ1) is 15.6. The fraction of sp³-hybridized carbons (Fsp3) is 0.750. The second-order valence-corrected chi connectivity index (χ2v) is 9.02. The summed E-state index contributed by atoms with van der Waals surface area (Å²) in [6, 6.07) is 0. The van der Waals surface area contributed by atoms with Gasteiger partial charge in [-0.3, -0.25) is 4.79 Å². The Morgan fingerprint density at radius 2 is 1.96 bits per heavy atom. The number of aliphatic hydroxyl groups is 2. The summed E-state index contributed by atoms with van der Waals surface area (Å²) in [4.78, 5) is 11.8. The minimum Gasteiger partial charge on any atom is -0.393 e. The van der Waals surface area contributed by atoms with Gasteiger partial charge in [-0.05, 0) is 62.5 Å². The Hall–Kier alpha value is -0.930. The Labute approximate surface area is 138 Å². The molecule has 23 heavy (non-hydrogen) atoms. The fourth-order valence-corrected chi connectivity index (χ4v) is 6.55. The van der Waals surface area contributed by atoms with Crippen LogP contribution in [0.5, 0.6) is 0 Å². The normalized spacial score (nSPS) is 55.0. The van der Waals surface area contributed by atoms with Gasteiger partial charge in [0.25, 0.3) is 0 Å². The average Bonchev–Trinajstić information content (AvgIpc) is 2.65. The van der Waals surface area contributed by atoms with Gasteiger partial charge in [-0.2, -0.15) is 0 Å². The van der Waals surface area contributed by atoms with E-state index in [9.17, 15) is 15.0 Å². The van der Waals surface area contributed by atoms with Gasteiger partial charge in [0.15, 0.2) is 5.78 Å². The van der Waals surface area contributed by atoms with Crippen molar-refractivity contribution in [1.29, 1.82) is 0 Å². The number of aliphatic hydroxyl groups excluding tert-OH is 1. The highest BCUT2D eigenvalue weighted by molar-refractivity contribution is 6.01. The lowest BCUT2D eigenvalue weighted by Gasteiger charge is -2.58. The molecule has 2 N–H and O–H groups in total. The van der Waals surface area contributed by atoms with Crippen LogP contribution in [0.25, 0.3) is 0 Å². The molecule has 0 aromatic carbocycles. The standard InChI is InChI=1S/C20H28O3/c1-18-8-6-13(21)10-12(18)4-5-14-15(18)7-9-19(2)17(14)16(22)11-20(19,3)23/h6,8,10,14-17,22-23H,4-5,7,9,11H2,1-3H3/t14-,15+,16-,17-,18+,19+,20+/m1/s1. The largest absolute Gasteiger partial charge is 0.393 e. The molecule has 0 spiro atoms. The summed E-state index contributed by atoms with van der Waals surface area (Å²) in [5.74, 6) is 1.17. The number of hydrogen-bond donors (Lipinski definition) is 2. The number of hydrogen-bond acceptors (Lipinski definition) is 3. The van der Waals surface area contributed by atoms with E-state index in [1.165, 1.54) is 5.57 Å². The van der Waals surface area contributed by atoms with Crippen LogP contribution >= 0.6 is 0 Å². The summed E-state index contributed by atoms with van der Waals surface area (Å²) >= 11 is 0. The summed E-state index contributed by atoms with van der Waals surface area (Å²) in [6.45, 7) is 6.35. The zero-order valence-corrected chi connectivity index (χ0v) is 14.4. The molecule has 0 aromatic heterocycles. The molecule has 3 heteroatoms. The molecular formula is C20H28O3. The van der Waals surface area contributed by atoms with Crippen molar-refractivity contribution < 1.29 is 15.0 Å². The molecule has 0 amide bonds. The molecule has 4 aliphatic carbocycles. The van der Waals surface area contributed by atoms with Gasteiger partial charge in [-0.1, -0.05) is 25.5 Å². The third-order valence-electron chi connectivity index (χ3n) is 8.06. The van der Waals surface area contributed by atoms with E-state index in [1.54, 1.807) is 6.08 Å². The van der Waals surface area contributed by atoms with Crippen LogP contribution in [0.4, 0.5) is 0 Å². The van der Waals surface area contributed by atoms with Crippen LogP contribution in [0.2, 0.25) is 0 Å². The molecule has 0 aromatic rings. The van der Waals surface area contributed by atoms with E-state index in [0.29, 0.717) is 18.3 Å². The Balaban J connectivity index is 1.74. The molecule has 7 atom stereocenters. The van der Waals surface area contributed by atoms with Gasteiger partial charge >= 0.3 is 0 Å². The zero-order chi connectivity index (χ0) is 16.6.